The number of rotatable bonds is 4. The standard InChI is InChI=1S/C20H15ClN4O/c1-13-18(20(26)25(24-13)15-7-3-2-4-8-15)19(14(11-22)12-23)16-9-5-6-10-17(16)21/h2-10,14,18-19H,1H3/t18-,19+/m1/s1. The molecule has 1 amide bonds. The molecule has 0 aromatic heterocycles. The molecule has 128 valence electrons. The quantitative estimate of drug-likeness (QED) is 0.820. The molecule has 2 aromatic rings. The second-order valence-electron chi connectivity index (χ2n) is 5.99. The topological polar surface area (TPSA) is 80.2 Å². The van der Waals surface area contributed by atoms with Gasteiger partial charge in [0.15, 0.2) is 0 Å². The van der Waals surface area contributed by atoms with Crippen molar-refractivity contribution in [3.63, 3.8) is 0 Å². The van der Waals surface area contributed by atoms with Crippen molar-refractivity contribution in [1.82, 2.24) is 0 Å². The third-order valence-electron chi connectivity index (χ3n) is 4.44. The number of nitrogens with zero attached hydrogens (tertiary/aromatic N) is 4. The van der Waals surface area contributed by atoms with E-state index in [1.165, 1.54) is 5.01 Å². The molecular formula is C20H15ClN4O. The molecule has 1 aliphatic rings. The average molecular weight is 363 g/mol. The molecule has 0 unspecified atom stereocenters. The number of carbonyl (C=O) groups excluding carboxylic acids is 1. The minimum Gasteiger partial charge on any atom is -0.272 e. The molecular weight excluding hydrogens is 348 g/mol. The van der Waals surface area contributed by atoms with Gasteiger partial charge in [-0.05, 0) is 30.7 Å². The summed E-state index contributed by atoms with van der Waals surface area (Å²) in [7, 11) is 0. The Labute approximate surface area is 156 Å². The van der Waals surface area contributed by atoms with Crippen LogP contribution in [-0.4, -0.2) is 11.6 Å². The van der Waals surface area contributed by atoms with Crippen molar-refractivity contribution in [1.29, 1.82) is 10.5 Å². The smallest absolute Gasteiger partial charge is 0.256 e. The molecule has 5 nitrogen and oxygen atoms in total. The maximum atomic E-state index is 13.1. The van der Waals surface area contributed by atoms with Gasteiger partial charge in [0.2, 0.25) is 0 Å². The van der Waals surface area contributed by atoms with Crippen LogP contribution in [0.4, 0.5) is 5.69 Å². The van der Waals surface area contributed by atoms with Gasteiger partial charge in [0, 0.05) is 16.7 Å². The molecule has 0 spiro atoms. The van der Waals surface area contributed by atoms with Crippen LogP contribution in [0.15, 0.2) is 59.7 Å². The number of hydrogen-bond acceptors (Lipinski definition) is 4. The fourth-order valence-electron chi connectivity index (χ4n) is 3.23. The molecule has 3 rings (SSSR count). The monoisotopic (exact) mass is 362 g/mol. The molecule has 6 heteroatoms. The number of hydrazone groups is 1. The zero-order valence-electron chi connectivity index (χ0n) is 14.0. The lowest BCUT2D eigenvalue weighted by molar-refractivity contribution is -0.120. The molecule has 0 fully saturated rings. The van der Waals surface area contributed by atoms with Gasteiger partial charge in [-0.15, -0.1) is 0 Å². The first kappa shape index (κ1) is 17.7. The van der Waals surface area contributed by atoms with E-state index in [4.69, 9.17) is 11.6 Å². The summed E-state index contributed by atoms with van der Waals surface area (Å²) in [6.07, 6.45) is 0. The van der Waals surface area contributed by atoms with Crippen LogP contribution in [0.5, 0.6) is 0 Å². The van der Waals surface area contributed by atoms with Gasteiger partial charge < -0.3 is 0 Å². The normalized spacial score (nSPS) is 17.6. The third kappa shape index (κ3) is 3.06. The number of halogens is 1. The lowest BCUT2D eigenvalue weighted by Crippen LogP contribution is -2.34. The van der Waals surface area contributed by atoms with E-state index in [1.54, 1.807) is 43.3 Å². The van der Waals surface area contributed by atoms with Crippen LogP contribution in [0.25, 0.3) is 0 Å². The van der Waals surface area contributed by atoms with E-state index >= 15 is 0 Å². The zero-order valence-corrected chi connectivity index (χ0v) is 14.8. The number of anilines is 1. The van der Waals surface area contributed by atoms with Gasteiger partial charge in [-0.1, -0.05) is 48.0 Å². The van der Waals surface area contributed by atoms with Crippen molar-refractivity contribution in [3.05, 3.63) is 65.2 Å². The molecule has 0 saturated carbocycles. The van der Waals surface area contributed by atoms with Crippen LogP contribution >= 0.6 is 11.6 Å². The van der Waals surface area contributed by atoms with Gasteiger partial charge >= 0.3 is 0 Å². The molecule has 0 saturated heterocycles. The van der Waals surface area contributed by atoms with Gasteiger partial charge in [-0.25, -0.2) is 5.01 Å². The van der Waals surface area contributed by atoms with Crippen molar-refractivity contribution in [2.45, 2.75) is 12.8 Å². The number of hydrogen-bond donors (Lipinski definition) is 0. The third-order valence-corrected chi connectivity index (χ3v) is 4.79. The van der Waals surface area contributed by atoms with E-state index in [2.05, 4.69) is 5.10 Å². The van der Waals surface area contributed by atoms with E-state index < -0.39 is 17.8 Å². The van der Waals surface area contributed by atoms with Crippen molar-refractivity contribution < 1.29 is 4.79 Å². The fourth-order valence-corrected chi connectivity index (χ4v) is 3.50. The lowest BCUT2D eigenvalue weighted by atomic mass is 9.75. The highest BCUT2D eigenvalue weighted by atomic mass is 35.5. The maximum absolute atomic E-state index is 13.1. The highest BCUT2D eigenvalue weighted by molar-refractivity contribution is 6.31. The first-order valence-corrected chi connectivity index (χ1v) is 8.44. The lowest BCUT2D eigenvalue weighted by Gasteiger charge is -2.25. The summed E-state index contributed by atoms with van der Waals surface area (Å²) in [5.74, 6) is -2.71. The Morgan fingerprint density at radius 3 is 2.31 bits per heavy atom. The molecule has 0 N–H and O–H groups in total. The summed E-state index contributed by atoms with van der Waals surface area (Å²) in [5.41, 5.74) is 1.80. The second kappa shape index (κ2) is 7.39. The fraction of sp³-hybridized carbons (Fsp3) is 0.200. The SMILES string of the molecule is CC1=NN(c2ccccc2)C(=O)[C@H]1[C@H](c1ccccc1Cl)C(C#N)C#N. The Hall–Kier alpha value is -3.15. The summed E-state index contributed by atoms with van der Waals surface area (Å²) in [4.78, 5) is 13.1. The molecule has 0 radical (unpaired) electrons. The van der Waals surface area contributed by atoms with E-state index in [0.29, 0.717) is 22.0 Å². The van der Waals surface area contributed by atoms with E-state index in [9.17, 15) is 15.3 Å². The number of amides is 1. The minimum absolute atomic E-state index is 0.269. The Morgan fingerprint density at radius 2 is 1.69 bits per heavy atom. The average Bonchev–Trinajstić information content (AvgIpc) is 2.95. The minimum atomic E-state index is -1.02. The highest BCUT2D eigenvalue weighted by Gasteiger charge is 2.44. The Kier molecular flexibility index (Phi) is 5.02. The first-order valence-electron chi connectivity index (χ1n) is 8.06. The van der Waals surface area contributed by atoms with Crippen LogP contribution in [-0.2, 0) is 4.79 Å². The Morgan fingerprint density at radius 1 is 1.08 bits per heavy atom. The molecule has 0 aliphatic carbocycles. The molecule has 2 atom stereocenters. The first-order chi connectivity index (χ1) is 12.6. The van der Waals surface area contributed by atoms with Crippen LogP contribution in [0.1, 0.15) is 18.4 Å². The summed E-state index contributed by atoms with van der Waals surface area (Å²) >= 11 is 6.32. The number of carbonyl (C=O) groups is 1. The van der Waals surface area contributed by atoms with E-state index in [-0.39, 0.29) is 5.91 Å². The summed E-state index contributed by atoms with van der Waals surface area (Å²) < 4.78 is 0. The van der Waals surface area contributed by atoms with Crippen LogP contribution in [0.3, 0.4) is 0 Å². The van der Waals surface area contributed by atoms with Gasteiger partial charge in [0.25, 0.3) is 5.91 Å². The highest BCUT2D eigenvalue weighted by Crippen LogP contribution is 2.40. The van der Waals surface area contributed by atoms with Crippen molar-refractivity contribution in [2.75, 3.05) is 5.01 Å². The number of para-hydroxylation sites is 1. The second-order valence-corrected chi connectivity index (χ2v) is 6.40. The maximum Gasteiger partial charge on any atom is 0.256 e. The van der Waals surface area contributed by atoms with Crippen LogP contribution in [0, 0.1) is 34.5 Å². The Bertz CT molecular complexity index is 928. The van der Waals surface area contributed by atoms with Gasteiger partial charge in [0.1, 0.15) is 5.92 Å². The molecule has 0 bridgehead atoms. The van der Waals surface area contributed by atoms with E-state index in [1.807, 2.05) is 30.3 Å². The van der Waals surface area contributed by atoms with Crippen molar-refractivity contribution >= 4 is 28.9 Å². The largest absolute Gasteiger partial charge is 0.272 e. The predicted molar refractivity (Wildman–Crippen MR) is 99.4 cm³/mol. The summed E-state index contributed by atoms with van der Waals surface area (Å²) in [6, 6.07) is 20.1. The zero-order chi connectivity index (χ0) is 18.7. The van der Waals surface area contributed by atoms with Gasteiger partial charge in [-0.3, -0.25) is 4.79 Å². The number of benzene rings is 2. The van der Waals surface area contributed by atoms with Crippen molar-refractivity contribution in [3.8, 4) is 12.1 Å². The van der Waals surface area contributed by atoms with Crippen molar-refractivity contribution in [2.24, 2.45) is 16.9 Å². The van der Waals surface area contributed by atoms with E-state index in [0.717, 1.165) is 0 Å². The van der Waals surface area contributed by atoms with Crippen LogP contribution < -0.4 is 5.01 Å². The molecule has 2 aromatic carbocycles. The molecule has 1 aliphatic heterocycles. The number of nitriles is 2. The van der Waals surface area contributed by atoms with Gasteiger partial charge in [0.05, 0.1) is 23.7 Å². The van der Waals surface area contributed by atoms with Crippen LogP contribution in [0.2, 0.25) is 5.02 Å². The molecule has 26 heavy (non-hydrogen) atoms. The summed E-state index contributed by atoms with van der Waals surface area (Å²) in [6.45, 7) is 1.74. The predicted octanol–water partition coefficient (Wildman–Crippen LogP) is 4.13. The molecule has 1 heterocycles. The summed E-state index contributed by atoms with van der Waals surface area (Å²) in [5, 5.41) is 25.1. The van der Waals surface area contributed by atoms with Gasteiger partial charge in [-0.2, -0.15) is 15.6 Å². The Balaban J connectivity index is 2.07.